The molecule has 0 aliphatic carbocycles. The van der Waals surface area contributed by atoms with Crippen LogP contribution in [0, 0.1) is 0 Å². The number of halogens is 3. The predicted octanol–water partition coefficient (Wildman–Crippen LogP) is 3.82. The molecule has 0 radical (unpaired) electrons. The quantitative estimate of drug-likeness (QED) is 0.429. The smallest absolute Gasteiger partial charge is 0.181 e. The van der Waals surface area contributed by atoms with Crippen LogP contribution in [0.5, 0.6) is 0 Å². The summed E-state index contributed by atoms with van der Waals surface area (Å²) < 4.78 is 2.27. The largest absolute Gasteiger partial charge is 0.300 e. The van der Waals surface area contributed by atoms with E-state index in [1.807, 2.05) is 0 Å². The van der Waals surface area contributed by atoms with Crippen LogP contribution in [0.4, 0.5) is 5.69 Å². The molecule has 0 amide bonds. The van der Waals surface area contributed by atoms with Crippen molar-refractivity contribution in [3.05, 3.63) is 25.6 Å². The lowest BCUT2D eigenvalue weighted by molar-refractivity contribution is -0.116. The molecule has 0 spiro atoms. The number of hydrogen-bond donors (Lipinski definition) is 0. The molecule has 0 aromatic heterocycles. The van der Waals surface area contributed by atoms with E-state index in [2.05, 4.69) is 58.0 Å². The van der Waals surface area contributed by atoms with Crippen LogP contribution in [0.15, 0.2) is 35.8 Å². The number of benzene rings is 1. The third-order valence-corrected chi connectivity index (χ3v) is 3.22. The first-order valence-electron chi connectivity index (χ1n) is 4.04. The molecule has 0 aliphatic rings. The number of hydrogen-bond acceptors (Lipinski definition) is 4. The fourth-order valence-electron chi connectivity index (χ4n) is 0.841. The molecule has 0 atom stereocenters. The summed E-state index contributed by atoms with van der Waals surface area (Å²) in [5.74, 6) is 0. The number of carbonyl (C=O) groups excluding carboxylic acids is 2. The number of rotatable bonds is 4. The van der Waals surface area contributed by atoms with E-state index >= 15 is 0 Å². The number of azo groups is 1. The number of nitrogens with zero attached hydrogens (tertiary/aromatic N) is 2. The number of aldehydes is 2. The third kappa shape index (κ3) is 3.57. The van der Waals surface area contributed by atoms with Crippen LogP contribution in [0.3, 0.4) is 0 Å². The highest BCUT2D eigenvalue weighted by molar-refractivity contribution is 9.11. The Balaban J connectivity index is 3.05. The maximum absolute atomic E-state index is 10.4. The Morgan fingerprint density at radius 1 is 1.06 bits per heavy atom. The second-order valence-electron chi connectivity index (χ2n) is 2.70. The molecular formula is C9H5Br3N2O2. The normalized spacial score (nSPS) is 11.0. The first-order valence-corrected chi connectivity index (χ1v) is 6.42. The van der Waals surface area contributed by atoms with Gasteiger partial charge >= 0.3 is 0 Å². The van der Waals surface area contributed by atoms with Gasteiger partial charge in [-0.1, -0.05) is 15.9 Å². The summed E-state index contributed by atoms with van der Waals surface area (Å²) in [6.45, 7) is 0. The van der Waals surface area contributed by atoms with Gasteiger partial charge in [-0.2, -0.15) is 10.2 Å². The third-order valence-electron chi connectivity index (χ3n) is 1.55. The van der Waals surface area contributed by atoms with Gasteiger partial charge in [0.15, 0.2) is 18.6 Å². The Morgan fingerprint density at radius 2 is 1.56 bits per heavy atom. The summed E-state index contributed by atoms with van der Waals surface area (Å²) in [6.07, 6.45) is 0.855. The van der Waals surface area contributed by atoms with E-state index in [-0.39, 0.29) is 0 Å². The lowest BCUT2D eigenvalue weighted by Crippen LogP contribution is -2.05. The van der Waals surface area contributed by atoms with Gasteiger partial charge in [0.1, 0.15) is 5.69 Å². The Morgan fingerprint density at radius 3 is 2.00 bits per heavy atom. The average molecular weight is 413 g/mol. The monoisotopic (exact) mass is 410 g/mol. The van der Waals surface area contributed by atoms with E-state index in [9.17, 15) is 9.59 Å². The molecule has 7 heteroatoms. The highest BCUT2D eigenvalue weighted by Gasteiger charge is 2.07. The van der Waals surface area contributed by atoms with Crippen molar-refractivity contribution in [3.63, 3.8) is 0 Å². The topological polar surface area (TPSA) is 58.9 Å². The van der Waals surface area contributed by atoms with Crippen molar-refractivity contribution in [2.45, 2.75) is 6.04 Å². The predicted molar refractivity (Wildman–Crippen MR) is 70.0 cm³/mol. The molecule has 16 heavy (non-hydrogen) atoms. The van der Waals surface area contributed by atoms with Gasteiger partial charge in [-0.15, -0.1) is 0 Å². The molecule has 84 valence electrons. The molecule has 0 saturated carbocycles. The summed E-state index contributed by atoms with van der Waals surface area (Å²) in [5.41, 5.74) is 0.525. The Hall–Kier alpha value is -0.400. The van der Waals surface area contributed by atoms with Crippen molar-refractivity contribution in [2.75, 3.05) is 0 Å². The van der Waals surface area contributed by atoms with Gasteiger partial charge < -0.3 is 9.59 Å². The van der Waals surface area contributed by atoms with Crippen LogP contribution in [-0.4, -0.2) is 18.6 Å². The van der Waals surface area contributed by atoms with Gasteiger partial charge in [-0.3, -0.25) is 0 Å². The van der Waals surface area contributed by atoms with Gasteiger partial charge in [0, 0.05) is 13.4 Å². The molecule has 0 heterocycles. The van der Waals surface area contributed by atoms with Gasteiger partial charge in [0.05, 0.1) is 0 Å². The van der Waals surface area contributed by atoms with Gasteiger partial charge in [0.2, 0.25) is 0 Å². The molecule has 4 nitrogen and oxygen atoms in total. The highest BCUT2D eigenvalue weighted by atomic mass is 79.9. The molecule has 1 rings (SSSR count). The van der Waals surface area contributed by atoms with E-state index in [0.29, 0.717) is 27.2 Å². The molecule has 0 fully saturated rings. The molecular weight excluding hydrogens is 408 g/mol. The standard InChI is InChI=1S/C9H5Br3N2O2/c10-5-1-7(11)9(8(12)2-5)14-13-6(3-15)4-16/h1-4,6H. The maximum atomic E-state index is 10.4. The van der Waals surface area contributed by atoms with Crippen molar-refractivity contribution in [3.8, 4) is 0 Å². The zero-order chi connectivity index (χ0) is 12.1. The van der Waals surface area contributed by atoms with Crippen LogP contribution >= 0.6 is 47.8 Å². The van der Waals surface area contributed by atoms with Crippen molar-refractivity contribution >= 4 is 66.0 Å². The zero-order valence-electron chi connectivity index (χ0n) is 7.73. The minimum atomic E-state index is -1.05. The van der Waals surface area contributed by atoms with Crippen LogP contribution in [-0.2, 0) is 9.59 Å². The molecule has 0 saturated heterocycles. The van der Waals surface area contributed by atoms with Crippen molar-refractivity contribution in [1.29, 1.82) is 0 Å². The molecule has 0 unspecified atom stereocenters. The summed E-state index contributed by atoms with van der Waals surface area (Å²) in [5, 5.41) is 7.43. The minimum absolute atomic E-state index is 0.428. The van der Waals surface area contributed by atoms with E-state index in [1.165, 1.54) is 0 Å². The van der Waals surface area contributed by atoms with Crippen LogP contribution in [0.2, 0.25) is 0 Å². The summed E-state index contributed by atoms with van der Waals surface area (Å²) >= 11 is 9.91. The van der Waals surface area contributed by atoms with E-state index < -0.39 is 6.04 Å². The minimum Gasteiger partial charge on any atom is -0.300 e. The lowest BCUT2D eigenvalue weighted by Gasteiger charge is -2.02. The highest BCUT2D eigenvalue weighted by Crippen LogP contribution is 2.36. The van der Waals surface area contributed by atoms with Crippen molar-refractivity contribution < 1.29 is 9.59 Å². The Kier molecular flexibility index (Phi) is 5.43. The van der Waals surface area contributed by atoms with Gasteiger partial charge in [-0.25, -0.2) is 0 Å². The SMILES string of the molecule is O=CC(C=O)N=Nc1c(Br)cc(Br)cc1Br. The Bertz CT molecular complexity index is 417. The second-order valence-corrected chi connectivity index (χ2v) is 5.32. The zero-order valence-corrected chi connectivity index (χ0v) is 12.5. The number of carbonyl (C=O) groups is 2. The van der Waals surface area contributed by atoms with E-state index in [4.69, 9.17) is 0 Å². The van der Waals surface area contributed by atoms with E-state index in [0.717, 1.165) is 4.47 Å². The maximum Gasteiger partial charge on any atom is 0.181 e. The molecule has 1 aromatic carbocycles. The van der Waals surface area contributed by atoms with Crippen LogP contribution in [0.25, 0.3) is 0 Å². The lowest BCUT2D eigenvalue weighted by atomic mass is 10.3. The first kappa shape index (κ1) is 13.7. The Labute approximate surface area is 117 Å². The second kappa shape index (κ2) is 6.36. The molecule has 1 aromatic rings. The first-order chi connectivity index (χ1) is 7.58. The average Bonchev–Trinajstić information content (AvgIpc) is 2.22. The van der Waals surface area contributed by atoms with Gasteiger partial charge in [-0.05, 0) is 44.0 Å². The van der Waals surface area contributed by atoms with E-state index in [1.54, 1.807) is 12.1 Å². The van der Waals surface area contributed by atoms with Crippen LogP contribution in [0.1, 0.15) is 0 Å². The molecule has 0 aliphatic heterocycles. The molecule has 0 N–H and O–H groups in total. The summed E-state index contributed by atoms with van der Waals surface area (Å²) in [6, 6.07) is 2.52. The van der Waals surface area contributed by atoms with Gasteiger partial charge in [0.25, 0.3) is 0 Å². The van der Waals surface area contributed by atoms with Crippen molar-refractivity contribution in [1.82, 2.24) is 0 Å². The summed E-state index contributed by atoms with van der Waals surface area (Å²) in [4.78, 5) is 20.7. The summed E-state index contributed by atoms with van der Waals surface area (Å²) in [7, 11) is 0. The van der Waals surface area contributed by atoms with Crippen LogP contribution < -0.4 is 0 Å². The fourth-order valence-corrected chi connectivity index (χ4v) is 3.26. The van der Waals surface area contributed by atoms with Crippen molar-refractivity contribution in [2.24, 2.45) is 10.2 Å². The molecule has 0 bridgehead atoms. The fraction of sp³-hybridized carbons (Fsp3) is 0.111.